The molecule has 3 aromatic heterocycles. The molecule has 4 heterocycles. The standard InChI is InChI=1S/C25H26FN9O/c1-33-15-20(14-32-33)18-10-22(28-11-18)24(31-16-27)34-6-8-35(9-7-34)25-29-12-19(13-30-25)23(36)17-2-4-21(26)5-3-17/h2-5,10-16,23,27-28,36H,6-9H2,1H3/t23-/m0/s1. The number of hydrogen-bond donors (Lipinski definition) is 3. The zero-order valence-corrected chi connectivity index (χ0v) is 19.7. The van der Waals surface area contributed by atoms with E-state index in [0.29, 0.717) is 49.1 Å². The lowest BCUT2D eigenvalue weighted by Gasteiger charge is -2.36. The zero-order valence-electron chi connectivity index (χ0n) is 19.7. The third-order valence-corrected chi connectivity index (χ3v) is 6.17. The number of nitrogens with one attached hydrogen (secondary N) is 2. The Morgan fingerprint density at radius 2 is 1.81 bits per heavy atom. The van der Waals surface area contributed by atoms with Gasteiger partial charge in [0.1, 0.15) is 18.3 Å². The summed E-state index contributed by atoms with van der Waals surface area (Å²) in [4.78, 5) is 20.7. The average molecular weight is 488 g/mol. The first-order valence-electron chi connectivity index (χ1n) is 11.5. The smallest absolute Gasteiger partial charge is 0.225 e. The number of rotatable bonds is 6. The first-order chi connectivity index (χ1) is 17.5. The van der Waals surface area contributed by atoms with Gasteiger partial charge in [0, 0.05) is 74.7 Å². The number of piperazine rings is 1. The lowest BCUT2D eigenvalue weighted by atomic mass is 10.0. The predicted octanol–water partition coefficient (Wildman–Crippen LogP) is 2.60. The van der Waals surface area contributed by atoms with E-state index in [1.54, 1.807) is 29.2 Å². The van der Waals surface area contributed by atoms with Gasteiger partial charge in [-0.3, -0.25) is 10.1 Å². The van der Waals surface area contributed by atoms with Crippen LogP contribution in [0.3, 0.4) is 0 Å². The third-order valence-electron chi connectivity index (χ3n) is 6.17. The van der Waals surface area contributed by atoms with Gasteiger partial charge in [-0.25, -0.2) is 19.4 Å². The van der Waals surface area contributed by atoms with Crippen LogP contribution >= 0.6 is 0 Å². The van der Waals surface area contributed by atoms with Gasteiger partial charge in [-0.15, -0.1) is 0 Å². The molecule has 11 heteroatoms. The summed E-state index contributed by atoms with van der Waals surface area (Å²) in [5.41, 5.74) is 3.96. The fraction of sp³-hybridized carbons (Fsp3) is 0.240. The molecular weight excluding hydrogens is 461 g/mol. The number of aliphatic hydroxyl groups is 1. The van der Waals surface area contributed by atoms with E-state index in [4.69, 9.17) is 5.41 Å². The van der Waals surface area contributed by atoms with Crippen LogP contribution in [0.25, 0.3) is 11.1 Å². The van der Waals surface area contributed by atoms with Crippen molar-refractivity contribution < 1.29 is 9.50 Å². The van der Waals surface area contributed by atoms with Crippen LogP contribution < -0.4 is 4.90 Å². The largest absolute Gasteiger partial charge is 0.384 e. The van der Waals surface area contributed by atoms with E-state index in [1.165, 1.54) is 12.1 Å². The minimum Gasteiger partial charge on any atom is -0.384 e. The van der Waals surface area contributed by atoms with Crippen molar-refractivity contribution in [3.05, 3.63) is 84.0 Å². The van der Waals surface area contributed by atoms with Crippen molar-refractivity contribution >= 4 is 18.1 Å². The number of hydrogen-bond acceptors (Lipinski definition) is 6. The number of amidine groups is 1. The van der Waals surface area contributed by atoms with Crippen molar-refractivity contribution in [2.45, 2.75) is 6.10 Å². The Bertz CT molecular complexity index is 1350. The van der Waals surface area contributed by atoms with E-state index in [-0.39, 0.29) is 5.82 Å². The first-order valence-corrected chi connectivity index (χ1v) is 11.5. The Morgan fingerprint density at radius 1 is 1.08 bits per heavy atom. The van der Waals surface area contributed by atoms with Crippen LogP contribution in [0, 0.1) is 11.2 Å². The number of H-pyrrole nitrogens is 1. The van der Waals surface area contributed by atoms with E-state index >= 15 is 0 Å². The molecular formula is C25H26FN9O. The summed E-state index contributed by atoms with van der Waals surface area (Å²) < 4.78 is 14.9. The molecule has 184 valence electrons. The maximum Gasteiger partial charge on any atom is 0.225 e. The molecule has 0 spiro atoms. The van der Waals surface area contributed by atoms with Gasteiger partial charge in [-0.2, -0.15) is 5.10 Å². The molecule has 1 atom stereocenters. The average Bonchev–Trinajstić information content (AvgIpc) is 3.57. The van der Waals surface area contributed by atoms with Crippen molar-refractivity contribution in [2.24, 2.45) is 12.0 Å². The van der Waals surface area contributed by atoms with Crippen molar-refractivity contribution in [1.82, 2.24) is 29.6 Å². The van der Waals surface area contributed by atoms with Gasteiger partial charge in [0.25, 0.3) is 0 Å². The van der Waals surface area contributed by atoms with Gasteiger partial charge >= 0.3 is 0 Å². The molecule has 0 bridgehead atoms. The maximum absolute atomic E-state index is 13.2. The van der Waals surface area contributed by atoms with Crippen molar-refractivity contribution in [1.29, 1.82) is 5.41 Å². The maximum atomic E-state index is 13.2. The van der Waals surface area contributed by atoms with Crippen molar-refractivity contribution in [2.75, 3.05) is 31.1 Å². The number of aliphatic hydroxyl groups excluding tert-OH is 1. The molecule has 1 aliphatic heterocycles. The van der Waals surface area contributed by atoms with Crippen molar-refractivity contribution in [3.8, 4) is 11.1 Å². The molecule has 1 fully saturated rings. The molecule has 10 nitrogen and oxygen atoms in total. The minimum absolute atomic E-state index is 0.351. The number of aryl methyl sites for hydroxylation is 1. The highest BCUT2D eigenvalue weighted by molar-refractivity contribution is 6.01. The second-order valence-corrected chi connectivity index (χ2v) is 8.53. The highest BCUT2D eigenvalue weighted by Gasteiger charge is 2.24. The summed E-state index contributed by atoms with van der Waals surface area (Å²) in [6.07, 6.45) is 9.01. The van der Waals surface area contributed by atoms with Crippen LogP contribution in [-0.2, 0) is 7.05 Å². The molecule has 3 N–H and O–H groups in total. The van der Waals surface area contributed by atoms with E-state index in [0.717, 1.165) is 23.2 Å². The number of benzene rings is 1. The number of aromatic amines is 1. The van der Waals surface area contributed by atoms with E-state index in [9.17, 15) is 9.50 Å². The van der Waals surface area contributed by atoms with E-state index < -0.39 is 6.10 Å². The Kier molecular flexibility index (Phi) is 6.54. The second kappa shape index (κ2) is 10.1. The normalized spacial score (nSPS) is 15.2. The molecule has 5 rings (SSSR count). The number of anilines is 1. The van der Waals surface area contributed by atoms with E-state index in [2.05, 4.69) is 34.8 Å². The van der Waals surface area contributed by atoms with Gasteiger partial charge in [-0.1, -0.05) is 12.1 Å². The van der Waals surface area contributed by atoms with Crippen LogP contribution in [0.2, 0.25) is 0 Å². The Hall–Kier alpha value is -4.38. The van der Waals surface area contributed by atoms with Crippen LogP contribution in [-0.4, -0.2) is 73.1 Å². The van der Waals surface area contributed by atoms with Gasteiger partial charge in [-0.05, 0) is 23.8 Å². The summed E-state index contributed by atoms with van der Waals surface area (Å²) in [7, 11) is 1.88. The van der Waals surface area contributed by atoms with Crippen molar-refractivity contribution in [3.63, 3.8) is 0 Å². The molecule has 0 amide bonds. The molecule has 0 unspecified atom stereocenters. The number of aliphatic imine (C=N–C) groups is 1. The molecule has 1 aliphatic rings. The summed E-state index contributed by atoms with van der Waals surface area (Å²) >= 11 is 0. The molecule has 1 aromatic carbocycles. The zero-order chi connectivity index (χ0) is 25.1. The summed E-state index contributed by atoms with van der Waals surface area (Å²) in [5, 5.41) is 22.3. The summed E-state index contributed by atoms with van der Waals surface area (Å²) in [6.45, 7) is 2.70. The second-order valence-electron chi connectivity index (χ2n) is 8.53. The highest BCUT2D eigenvalue weighted by Crippen LogP contribution is 2.23. The van der Waals surface area contributed by atoms with Gasteiger partial charge in [0.05, 0.1) is 11.9 Å². The minimum atomic E-state index is -0.922. The Balaban J connectivity index is 1.24. The number of halogens is 1. The van der Waals surface area contributed by atoms with Crippen LogP contribution in [0.4, 0.5) is 10.3 Å². The summed E-state index contributed by atoms with van der Waals surface area (Å²) in [5.74, 6) is 0.933. The van der Waals surface area contributed by atoms with Gasteiger partial charge in [0.2, 0.25) is 5.95 Å². The number of nitrogens with zero attached hydrogens (tertiary/aromatic N) is 7. The van der Waals surface area contributed by atoms with Crippen LogP contribution in [0.5, 0.6) is 0 Å². The van der Waals surface area contributed by atoms with E-state index in [1.807, 2.05) is 31.7 Å². The Labute approximate surface area is 207 Å². The molecule has 36 heavy (non-hydrogen) atoms. The first kappa shape index (κ1) is 23.4. The predicted molar refractivity (Wildman–Crippen MR) is 135 cm³/mol. The van der Waals surface area contributed by atoms with Crippen LogP contribution in [0.15, 0.2) is 66.3 Å². The molecule has 0 saturated carbocycles. The topological polar surface area (TPSA) is 122 Å². The quantitative estimate of drug-likeness (QED) is 0.284. The fourth-order valence-electron chi connectivity index (χ4n) is 4.23. The van der Waals surface area contributed by atoms with Gasteiger partial charge in [0.15, 0.2) is 5.84 Å². The monoisotopic (exact) mass is 487 g/mol. The third kappa shape index (κ3) is 4.86. The molecule has 0 aliphatic carbocycles. The molecule has 1 saturated heterocycles. The highest BCUT2D eigenvalue weighted by atomic mass is 19.1. The SMILES string of the molecule is Cn1cc(-c2c[nH]c(C(=NC=N)N3CCN(c4ncc([C@@H](O)c5ccc(F)cc5)cn4)CC3)c2)cn1. The molecule has 4 aromatic rings. The van der Waals surface area contributed by atoms with Gasteiger partial charge < -0.3 is 19.9 Å². The lowest BCUT2D eigenvalue weighted by molar-refractivity contribution is 0.219. The Morgan fingerprint density at radius 3 is 2.44 bits per heavy atom. The fourth-order valence-corrected chi connectivity index (χ4v) is 4.23. The van der Waals surface area contributed by atoms with Crippen LogP contribution in [0.1, 0.15) is 22.9 Å². The number of aromatic nitrogens is 5. The lowest BCUT2D eigenvalue weighted by Crippen LogP contribution is -2.49. The summed E-state index contributed by atoms with van der Waals surface area (Å²) in [6, 6.07) is 7.74. The molecule has 0 radical (unpaired) electrons.